The number of benzene rings is 3. The van der Waals surface area contributed by atoms with Gasteiger partial charge in [0.05, 0.1) is 36.5 Å². The Morgan fingerprint density at radius 2 is 1.26 bits per heavy atom. The topological polar surface area (TPSA) is 59.1 Å². The second kappa shape index (κ2) is 12.2. The molecule has 1 heterocycles. The predicted octanol–water partition coefficient (Wildman–Crippen LogP) is 7.13. The van der Waals surface area contributed by atoms with Crippen LogP contribution in [0.5, 0.6) is 0 Å². The zero-order valence-corrected chi connectivity index (χ0v) is 22.5. The van der Waals surface area contributed by atoms with Crippen LogP contribution in [0.4, 0.5) is 37.7 Å². The molecule has 0 aromatic heterocycles. The SMILES string of the molecule is CCOC(=O)C1=C(C(=O)OCC)N(c2cccc(C(F)(F)F)c2)C(c2ccccc2)N(c2cccc(C(F)(F)F)c2)C1. The number of carbonyl (C=O) groups excluding carboxylic acids is 2. The molecule has 3 aromatic rings. The van der Waals surface area contributed by atoms with Gasteiger partial charge in [0.25, 0.3) is 0 Å². The Hall–Kier alpha value is -4.48. The summed E-state index contributed by atoms with van der Waals surface area (Å²) in [4.78, 5) is 29.3. The van der Waals surface area contributed by atoms with Gasteiger partial charge in [-0.15, -0.1) is 0 Å². The molecule has 0 fully saturated rings. The highest BCUT2D eigenvalue weighted by Gasteiger charge is 2.44. The second-order valence-corrected chi connectivity index (χ2v) is 9.15. The van der Waals surface area contributed by atoms with Crippen molar-refractivity contribution in [2.24, 2.45) is 0 Å². The highest BCUT2D eigenvalue weighted by molar-refractivity contribution is 6.04. The van der Waals surface area contributed by atoms with Gasteiger partial charge >= 0.3 is 24.3 Å². The van der Waals surface area contributed by atoms with Crippen LogP contribution in [0, 0.1) is 0 Å². The van der Waals surface area contributed by atoms with E-state index in [0.717, 1.165) is 30.3 Å². The van der Waals surface area contributed by atoms with Gasteiger partial charge in [0.2, 0.25) is 0 Å². The van der Waals surface area contributed by atoms with E-state index in [0.29, 0.717) is 5.56 Å². The van der Waals surface area contributed by atoms with Gasteiger partial charge in [-0.25, -0.2) is 9.59 Å². The molecule has 6 nitrogen and oxygen atoms in total. The van der Waals surface area contributed by atoms with E-state index < -0.39 is 48.1 Å². The summed E-state index contributed by atoms with van der Waals surface area (Å²) in [5.74, 6) is -1.98. The third-order valence-corrected chi connectivity index (χ3v) is 6.44. The maximum absolute atomic E-state index is 13.8. The van der Waals surface area contributed by atoms with Crippen LogP contribution in [0.1, 0.15) is 36.7 Å². The van der Waals surface area contributed by atoms with Gasteiger partial charge in [0.1, 0.15) is 11.9 Å². The largest absolute Gasteiger partial charge is 0.463 e. The fraction of sp³-hybridized carbons (Fsp3) is 0.267. The average Bonchev–Trinajstić information content (AvgIpc) is 2.96. The lowest BCUT2D eigenvalue weighted by atomic mass is 9.98. The summed E-state index contributed by atoms with van der Waals surface area (Å²) in [6, 6.07) is 16.6. The van der Waals surface area contributed by atoms with Crippen LogP contribution in [0.15, 0.2) is 90.1 Å². The molecule has 0 N–H and O–H groups in total. The van der Waals surface area contributed by atoms with Gasteiger partial charge in [0.15, 0.2) is 0 Å². The van der Waals surface area contributed by atoms with Crippen LogP contribution < -0.4 is 9.80 Å². The van der Waals surface area contributed by atoms with E-state index >= 15 is 0 Å². The molecule has 1 aliphatic heterocycles. The van der Waals surface area contributed by atoms with Crippen LogP contribution in [0.3, 0.4) is 0 Å². The lowest BCUT2D eigenvalue weighted by Crippen LogP contribution is -2.50. The molecule has 0 amide bonds. The minimum atomic E-state index is -4.76. The first-order valence-electron chi connectivity index (χ1n) is 12.9. The van der Waals surface area contributed by atoms with Crippen LogP contribution >= 0.6 is 0 Å². The molecule has 1 aliphatic rings. The smallest absolute Gasteiger partial charge is 0.416 e. The molecule has 0 bridgehead atoms. The van der Waals surface area contributed by atoms with E-state index in [1.165, 1.54) is 41.8 Å². The minimum absolute atomic E-state index is 0.000335. The van der Waals surface area contributed by atoms with Crippen molar-refractivity contribution in [3.63, 3.8) is 0 Å². The van der Waals surface area contributed by atoms with Gasteiger partial charge in [0, 0.05) is 11.4 Å². The maximum atomic E-state index is 13.8. The Balaban J connectivity index is 2.08. The molecular formula is C30H26F6N2O4. The Kier molecular flexibility index (Phi) is 8.83. The molecule has 0 saturated carbocycles. The second-order valence-electron chi connectivity index (χ2n) is 9.15. The quantitative estimate of drug-likeness (QED) is 0.215. The van der Waals surface area contributed by atoms with Gasteiger partial charge in [-0.2, -0.15) is 26.3 Å². The summed E-state index contributed by atoms with van der Waals surface area (Å²) in [7, 11) is 0. The number of hydrogen-bond acceptors (Lipinski definition) is 6. The molecular weight excluding hydrogens is 566 g/mol. The molecule has 0 radical (unpaired) electrons. The van der Waals surface area contributed by atoms with E-state index in [1.54, 1.807) is 30.3 Å². The first kappa shape index (κ1) is 30.5. The van der Waals surface area contributed by atoms with Crippen LogP contribution in [0.2, 0.25) is 0 Å². The number of esters is 2. The molecule has 222 valence electrons. The summed E-state index contributed by atoms with van der Waals surface area (Å²) in [6.07, 6.45) is -10.6. The number of rotatable bonds is 7. The maximum Gasteiger partial charge on any atom is 0.416 e. The summed E-state index contributed by atoms with van der Waals surface area (Å²) in [5.41, 5.74) is -2.43. The van der Waals surface area contributed by atoms with E-state index in [2.05, 4.69) is 0 Å². The van der Waals surface area contributed by atoms with Crippen molar-refractivity contribution in [3.8, 4) is 0 Å². The van der Waals surface area contributed by atoms with Crippen LogP contribution in [-0.2, 0) is 31.4 Å². The fourth-order valence-electron chi connectivity index (χ4n) is 4.69. The number of anilines is 2. The zero-order chi connectivity index (χ0) is 30.7. The molecule has 12 heteroatoms. The lowest BCUT2D eigenvalue weighted by Gasteiger charge is -2.47. The molecule has 1 atom stereocenters. The first-order valence-corrected chi connectivity index (χ1v) is 12.9. The molecule has 42 heavy (non-hydrogen) atoms. The van der Waals surface area contributed by atoms with Crippen molar-refractivity contribution in [1.29, 1.82) is 0 Å². The standard InChI is InChI=1S/C30H26F6N2O4/c1-3-41-27(39)24-18-37(22-14-8-12-20(16-22)29(31,32)33)26(19-10-6-5-7-11-19)38(25(24)28(40)42-4-2)23-15-9-13-21(17-23)30(34,35)36/h5-17,26H,3-4,18H2,1-2H3. The third kappa shape index (κ3) is 6.37. The molecule has 3 aromatic carbocycles. The molecule has 0 aliphatic carbocycles. The summed E-state index contributed by atoms with van der Waals surface area (Å²) >= 11 is 0. The highest BCUT2D eigenvalue weighted by atomic mass is 19.4. The van der Waals surface area contributed by atoms with Crippen molar-refractivity contribution >= 4 is 23.3 Å². The van der Waals surface area contributed by atoms with E-state index in [9.17, 15) is 35.9 Å². The Labute approximate surface area is 237 Å². The molecule has 0 saturated heterocycles. The minimum Gasteiger partial charge on any atom is -0.463 e. The monoisotopic (exact) mass is 592 g/mol. The highest BCUT2D eigenvalue weighted by Crippen LogP contribution is 2.44. The van der Waals surface area contributed by atoms with Crippen molar-refractivity contribution in [3.05, 3.63) is 107 Å². The number of hydrogen-bond donors (Lipinski definition) is 0. The Morgan fingerprint density at radius 3 is 1.81 bits per heavy atom. The summed E-state index contributed by atoms with van der Waals surface area (Å²) in [5, 5.41) is 0. The van der Waals surface area contributed by atoms with Gasteiger partial charge in [-0.3, -0.25) is 0 Å². The molecule has 4 rings (SSSR count). The normalized spacial score (nSPS) is 16.0. The number of carbonyl (C=O) groups is 2. The molecule has 1 unspecified atom stereocenters. The third-order valence-electron chi connectivity index (χ3n) is 6.44. The van der Waals surface area contributed by atoms with Gasteiger partial charge in [-0.1, -0.05) is 42.5 Å². The Morgan fingerprint density at radius 1 is 0.738 bits per heavy atom. The van der Waals surface area contributed by atoms with Crippen molar-refractivity contribution in [1.82, 2.24) is 0 Å². The summed E-state index contributed by atoms with van der Waals surface area (Å²) < 4.78 is 93.1. The lowest BCUT2D eigenvalue weighted by molar-refractivity contribution is -0.142. The molecule has 0 spiro atoms. The fourth-order valence-corrected chi connectivity index (χ4v) is 4.69. The number of ether oxygens (including phenoxy) is 2. The van der Waals surface area contributed by atoms with Gasteiger partial charge < -0.3 is 19.3 Å². The summed E-state index contributed by atoms with van der Waals surface area (Å²) in [6.45, 7) is 2.40. The van der Waals surface area contributed by atoms with Gasteiger partial charge in [-0.05, 0) is 55.8 Å². The van der Waals surface area contributed by atoms with Crippen LogP contribution in [0.25, 0.3) is 0 Å². The zero-order valence-electron chi connectivity index (χ0n) is 22.5. The van der Waals surface area contributed by atoms with Crippen molar-refractivity contribution in [2.75, 3.05) is 29.6 Å². The van der Waals surface area contributed by atoms with E-state index in [4.69, 9.17) is 9.47 Å². The first-order chi connectivity index (χ1) is 19.9. The Bertz CT molecular complexity index is 1470. The number of alkyl halides is 6. The van der Waals surface area contributed by atoms with Crippen LogP contribution in [-0.4, -0.2) is 31.7 Å². The van der Waals surface area contributed by atoms with Crippen molar-refractivity contribution in [2.45, 2.75) is 32.4 Å². The van der Waals surface area contributed by atoms with E-state index in [1.807, 2.05) is 0 Å². The van der Waals surface area contributed by atoms with E-state index in [-0.39, 0.29) is 35.9 Å². The number of halogens is 6. The number of nitrogens with zero attached hydrogens (tertiary/aromatic N) is 2. The average molecular weight is 593 g/mol. The van der Waals surface area contributed by atoms with Crippen molar-refractivity contribution < 1.29 is 45.4 Å². The predicted molar refractivity (Wildman–Crippen MR) is 142 cm³/mol.